The topological polar surface area (TPSA) is 17.1 Å². The van der Waals surface area contributed by atoms with Gasteiger partial charge in [0, 0.05) is 10.5 Å². The van der Waals surface area contributed by atoms with Gasteiger partial charge in [0.05, 0.1) is 0 Å². The van der Waals surface area contributed by atoms with Gasteiger partial charge < -0.3 is 0 Å². The Kier molecular flexibility index (Phi) is 3.59. The number of rotatable bonds is 3. The maximum Gasteiger partial charge on any atom is 0.150 e. The van der Waals surface area contributed by atoms with Crippen molar-refractivity contribution in [3.8, 4) is 11.1 Å². The van der Waals surface area contributed by atoms with Crippen LogP contribution >= 0.6 is 11.8 Å². The van der Waals surface area contributed by atoms with E-state index in [4.69, 9.17) is 0 Å². The minimum atomic E-state index is -0.334. The van der Waals surface area contributed by atoms with E-state index in [2.05, 4.69) is 0 Å². The Balaban J connectivity index is 2.50. The Hall–Kier alpha value is -1.61. The number of carbonyl (C=O) groups is 1. The molecule has 17 heavy (non-hydrogen) atoms. The van der Waals surface area contributed by atoms with Crippen LogP contribution < -0.4 is 0 Å². The molecule has 3 heteroatoms. The average Bonchev–Trinajstić information content (AvgIpc) is 2.39. The molecule has 0 bridgehead atoms. The van der Waals surface area contributed by atoms with Crippen molar-refractivity contribution in [2.45, 2.75) is 4.90 Å². The largest absolute Gasteiger partial charge is 0.298 e. The van der Waals surface area contributed by atoms with E-state index in [1.165, 1.54) is 18.2 Å². The fourth-order valence-electron chi connectivity index (χ4n) is 1.65. The minimum absolute atomic E-state index is 0.334. The molecule has 0 fully saturated rings. The van der Waals surface area contributed by atoms with Crippen LogP contribution in [0.1, 0.15) is 10.4 Å². The van der Waals surface area contributed by atoms with Gasteiger partial charge in [0.1, 0.15) is 5.82 Å². The molecule has 0 spiro atoms. The van der Waals surface area contributed by atoms with Crippen LogP contribution in [0.3, 0.4) is 0 Å². The summed E-state index contributed by atoms with van der Waals surface area (Å²) < 4.78 is 13.2. The second-order valence-electron chi connectivity index (χ2n) is 3.58. The Morgan fingerprint density at radius 1 is 1.12 bits per heavy atom. The van der Waals surface area contributed by atoms with Crippen molar-refractivity contribution in [2.75, 3.05) is 6.26 Å². The van der Waals surface area contributed by atoms with Gasteiger partial charge in [-0.3, -0.25) is 4.79 Å². The van der Waals surface area contributed by atoms with Crippen LogP contribution in [-0.2, 0) is 0 Å². The highest BCUT2D eigenvalue weighted by Gasteiger charge is 2.06. The molecule has 0 heterocycles. The molecule has 0 N–H and O–H groups in total. The van der Waals surface area contributed by atoms with E-state index >= 15 is 0 Å². The van der Waals surface area contributed by atoms with Gasteiger partial charge in [-0.25, -0.2) is 4.39 Å². The second kappa shape index (κ2) is 5.15. The molecule has 0 aliphatic rings. The number of hydrogen-bond acceptors (Lipinski definition) is 2. The first kappa shape index (κ1) is 11.9. The number of carbonyl (C=O) groups excluding carboxylic acids is 1. The second-order valence-corrected chi connectivity index (χ2v) is 4.46. The standard InChI is InChI=1S/C14H11FOS/c1-17-13-6-3-10(4-7-13)14-8-12(15)5-2-11(14)9-16/h2-9H,1H3. The first-order valence-corrected chi connectivity index (χ1v) is 6.36. The third-order valence-corrected chi connectivity index (χ3v) is 3.29. The molecule has 0 aliphatic carbocycles. The lowest BCUT2D eigenvalue weighted by atomic mass is 10.0. The van der Waals surface area contributed by atoms with E-state index in [0.29, 0.717) is 11.1 Å². The molecule has 0 aromatic heterocycles. The highest BCUT2D eigenvalue weighted by molar-refractivity contribution is 7.98. The minimum Gasteiger partial charge on any atom is -0.298 e. The molecule has 0 saturated carbocycles. The monoisotopic (exact) mass is 246 g/mol. The predicted octanol–water partition coefficient (Wildman–Crippen LogP) is 4.03. The summed E-state index contributed by atoms with van der Waals surface area (Å²) in [5.74, 6) is -0.334. The SMILES string of the molecule is CSc1ccc(-c2cc(F)ccc2C=O)cc1. The lowest BCUT2D eigenvalue weighted by molar-refractivity contribution is 0.112. The van der Waals surface area contributed by atoms with Crippen molar-refractivity contribution in [1.29, 1.82) is 0 Å². The maximum atomic E-state index is 13.2. The summed E-state index contributed by atoms with van der Waals surface area (Å²) in [6.07, 6.45) is 2.74. The molecule has 2 aromatic carbocycles. The van der Waals surface area contributed by atoms with Crippen LogP contribution in [0, 0.1) is 5.82 Å². The zero-order valence-corrected chi connectivity index (χ0v) is 10.1. The lowest BCUT2D eigenvalue weighted by Crippen LogP contribution is -1.89. The number of halogens is 1. The third-order valence-electron chi connectivity index (χ3n) is 2.54. The van der Waals surface area contributed by atoms with E-state index < -0.39 is 0 Å². The van der Waals surface area contributed by atoms with E-state index in [-0.39, 0.29) is 5.82 Å². The Morgan fingerprint density at radius 3 is 2.41 bits per heavy atom. The Morgan fingerprint density at radius 2 is 1.82 bits per heavy atom. The van der Waals surface area contributed by atoms with Gasteiger partial charge in [-0.1, -0.05) is 12.1 Å². The van der Waals surface area contributed by atoms with Crippen LogP contribution in [-0.4, -0.2) is 12.5 Å². The van der Waals surface area contributed by atoms with Crippen LogP contribution in [0.5, 0.6) is 0 Å². The van der Waals surface area contributed by atoms with Crippen molar-refractivity contribution in [2.24, 2.45) is 0 Å². The summed E-state index contributed by atoms with van der Waals surface area (Å²) in [6.45, 7) is 0. The summed E-state index contributed by atoms with van der Waals surface area (Å²) in [7, 11) is 0. The molecule has 86 valence electrons. The van der Waals surface area contributed by atoms with E-state index in [0.717, 1.165) is 16.7 Å². The quantitative estimate of drug-likeness (QED) is 0.601. The molecular formula is C14H11FOS. The van der Waals surface area contributed by atoms with Gasteiger partial charge in [0.25, 0.3) is 0 Å². The Bertz CT molecular complexity index is 534. The molecule has 2 rings (SSSR count). The first-order chi connectivity index (χ1) is 8.24. The van der Waals surface area contributed by atoms with Crippen LogP contribution in [0.2, 0.25) is 0 Å². The normalized spacial score (nSPS) is 10.2. The zero-order chi connectivity index (χ0) is 12.3. The average molecular weight is 246 g/mol. The molecule has 0 saturated heterocycles. The van der Waals surface area contributed by atoms with Crippen LogP contribution in [0.4, 0.5) is 4.39 Å². The van der Waals surface area contributed by atoms with Crippen LogP contribution in [0.25, 0.3) is 11.1 Å². The fraction of sp³-hybridized carbons (Fsp3) is 0.0714. The predicted molar refractivity (Wildman–Crippen MR) is 69.0 cm³/mol. The lowest BCUT2D eigenvalue weighted by Gasteiger charge is -2.06. The van der Waals surface area contributed by atoms with Crippen molar-refractivity contribution in [1.82, 2.24) is 0 Å². The Labute approximate surface area is 104 Å². The van der Waals surface area contributed by atoms with Gasteiger partial charge in [0.15, 0.2) is 6.29 Å². The van der Waals surface area contributed by atoms with Gasteiger partial charge in [-0.2, -0.15) is 0 Å². The highest BCUT2D eigenvalue weighted by atomic mass is 32.2. The molecular weight excluding hydrogens is 235 g/mol. The van der Waals surface area contributed by atoms with Gasteiger partial charge in [-0.05, 0) is 47.7 Å². The van der Waals surface area contributed by atoms with Gasteiger partial charge in [0.2, 0.25) is 0 Å². The van der Waals surface area contributed by atoms with Crippen molar-refractivity contribution < 1.29 is 9.18 Å². The zero-order valence-electron chi connectivity index (χ0n) is 9.31. The fourth-order valence-corrected chi connectivity index (χ4v) is 2.06. The molecule has 0 amide bonds. The van der Waals surface area contributed by atoms with Crippen molar-refractivity contribution in [3.05, 3.63) is 53.8 Å². The number of hydrogen-bond donors (Lipinski definition) is 0. The summed E-state index contributed by atoms with van der Waals surface area (Å²) in [5.41, 5.74) is 1.99. The number of benzene rings is 2. The summed E-state index contributed by atoms with van der Waals surface area (Å²) in [5, 5.41) is 0. The third kappa shape index (κ3) is 2.56. The molecule has 1 nitrogen and oxygen atoms in total. The first-order valence-electron chi connectivity index (χ1n) is 5.14. The van der Waals surface area contributed by atoms with Crippen LogP contribution in [0.15, 0.2) is 47.4 Å². The van der Waals surface area contributed by atoms with Gasteiger partial charge >= 0.3 is 0 Å². The highest BCUT2D eigenvalue weighted by Crippen LogP contribution is 2.26. The van der Waals surface area contributed by atoms with Gasteiger partial charge in [-0.15, -0.1) is 11.8 Å². The maximum absolute atomic E-state index is 13.2. The van der Waals surface area contributed by atoms with E-state index in [1.54, 1.807) is 11.8 Å². The van der Waals surface area contributed by atoms with Crippen molar-refractivity contribution in [3.63, 3.8) is 0 Å². The van der Waals surface area contributed by atoms with E-state index in [1.807, 2.05) is 30.5 Å². The molecule has 0 radical (unpaired) electrons. The van der Waals surface area contributed by atoms with E-state index in [9.17, 15) is 9.18 Å². The smallest absolute Gasteiger partial charge is 0.150 e. The molecule has 2 aromatic rings. The number of aldehydes is 1. The molecule has 0 aliphatic heterocycles. The molecule has 0 unspecified atom stereocenters. The summed E-state index contributed by atoms with van der Waals surface area (Å²) in [6, 6.07) is 11.9. The van der Waals surface area contributed by atoms with Crippen molar-refractivity contribution >= 4 is 18.0 Å². The summed E-state index contributed by atoms with van der Waals surface area (Å²) >= 11 is 1.64. The summed E-state index contributed by atoms with van der Waals surface area (Å²) in [4.78, 5) is 12.0. The number of thioether (sulfide) groups is 1. The molecule has 0 atom stereocenters.